The molecule has 1 saturated heterocycles. The Morgan fingerprint density at radius 3 is 2.10 bits per heavy atom. The number of nitrogens with one attached hydrogen (secondary N) is 1. The number of fused-ring (bicyclic) bond motifs is 2. The lowest BCUT2D eigenvalue weighted by molar-refractivity contribution is -0.309. The van der Waals surface area contributed by atoms with Crippen molar-refractivity contribution in [3.05, 3.63) is 59.2 Å². The van der Waals surface area contributed by atoms with Gasteiger partial charge in [-0.3, -0.25) is 0 Å². The predicted molar refractivity (Wildman–Crippen MR) is 136 cm³/mol. The van der Waals surface area contributed by atoms with Crippen molar-refractivity contribution in [2.75, 3.05) is 13.1 Å². The van der Waals surface area contributed by atoms with Crippen LogP contribution in [0, 0.1) is 11.6 Å². The second-order valence-corrected chi connectivity index (χ2v) is 10.5. The van der Waals surface area contributed by atoms with Crippen LogP contribution in [0.25, 0.3) is 0 Å². The highest BCUT2D eigenvalue weighted by Crippen LogP contribution is 2.32. The number of aliphatic carboxylic acids is 1. The first-order valence-electron chi connectivity index (χ1n) is 13.5. The molecule has 1 fully saturated rings. The van der Waals surface area contributed by atoms with Crippen LogP contribution in [-0.4, -0.2) is 99.7 Å². The number of carboxylic acids is 1. The highest BCUT2D eigenvalue weighted by molar-refractivity contribution is 5.73. The molecule has 0 radical (unpaired) electrons. The number of aliphatic hydroxyl groups is 4. The van der Waals surface area contributed by atoms with E-state index in [1.54, 1.807) is 0 Å². The van der Waals surface area contributed by atoms with Crippen molar-refractivity contribution in [1.82, 2.24) is 5.32 Å². The van der Waals surface area contributed by atoms with Crippen molar-refractivity contribution in [3.8, 4) is 11.5 Å². The van der Waals surface area contributed by atoms with Crippen molar-refractivity contribution in [2.45, 2.75) is 80.8 Å². The molecule has 3 aliphatic rings. The van der Waals surface area contributed by atoms with Gasteiger partial charge in [0.25, 0.3) is 0 Å². The van der Waals surface area contributed by atoms with Crippen LogP contribution < -0.4 is 14.8 Å². The van der Waals surface area contributed by atoms with E-state index in [2.05, 4.69) is 5.32 Å². The fourth-order valence-corrected chi connectivity index (χ4v) is 5.40. The summed E-state index contributed by atoms with van der Waals surface area (Å²) in [5, 5.41) is 54.0. The Hall–Kier alpha value is -2.91. The van der Waals surface area contributed by atoms with E-state index in [-0.39, 0.29) is 18.9 Å². The molecule has 0 saturated carbocycles. The molecule has 11 nitrogen and oxygen atoms in total. The van der Waals surface area contributed by atoms with Crippen molar-refractivity contribution in [1.29, 1.82) is 0 Å². The molecule has 0 bridgehead atoms. The summed E-state index contributed by atoms with van der Waals surface area (Å²) in [5.41, 5.74) is 1.39. The summed E-state index contributed by atoms with van der Waals surface area (Å²) in [7, 11) is 0. The van der Waals surface area contributed by atoms with E-state index in [1.165, 1.54) is 36.4 Å². The van der Waals surface area contributed by atoms with E-state index in [1.807, 2.05) is 0 Å². The molecule has 6 N–H and O–H groups in total. The van der Waals surface area contributed by atoms with E-state index in [4.69, 9.17) is 18.9 Å². The minimum Gasteiger partial charge on any atom is -0.487 e. The fourth-order valence-electron chi connectivity index (χ4n) is 5.40. The molecule has 2 aromatic carbocycles. The van der Waals surface area contributed by atoms with E-state index < -0.39 is 66.9 Å². The Balaban J connectivity index is 1.26. The van der Waals surface area contributed by atoms with Gasteiger partial charge in [-0.15, -0.1) is 0 Å². The van der Waals surface area contributed by atoms with Crippen LogP contribution in [0.15, 0.2) is 36.4 Å². The number of halogens is 2. The number of aliphatic hydroxyl groups excluding tert-OH is 4. The predicted octanol–water partition coefficient (Wildman–Crippen LogP) is 0.280. The Kier molecular flexibility index (Phi) is 9.04. The number of hydrogen-bond donors (Lipinski definition) is 6. The van der Waals surface area contributed by atoms with Gasteiger partial charge in [-0.25, -0.2) is 13.6 Å². The molecule has 2 aromatic rings. The van der Waals surface area contributed by atoms with Gasteiger partial charge < -0.3 is 49.8 Å². The number of carbonyl (C=O) groups is 1. The Morgan fingerprint density at radius 2 is 1.49 bits per heavy atom. The molecule has 5 rings (SSSR count). The Morgan fingerprint density at radius 1 is 0.902 bits per heavy atom. The van der Waals surface area contributed by atoms with Gasteiger partial charge >= 0.3 is 5.97 Å². The average molecular weight is 582 g/mol. The molecule has 0 unspecified atom stereocenters. The zero-order valence-corrected chi connectivity index (χ0v) is 21.9. The summed E-state index contributed by atoms with van der Waals surface area (Å²) in [6.45, 7) is 0.0957. The lowest BCUT2D eigenvalue weighted by Gasteiger charge is -2.41. The monoisotopic (exact) mass is 581 g/mol. The van der Waals surface area contributed by atoms with Gasteiger partial charge in [-0.2, -0.15) is 0 Å². The standard InChI is InChI=1S/C28H33F2NO10/c29-15-3-7-18-13(9-15)1-5-20(38-18)17(32)11-31-12-22(21-6-2-14-10-16(30)4-8-19(14)39-21)40-28-25(35)23(33)24(34)26(41-28)27(36)37/h3-4,7-10,17,20-26,28,31-35H,1-2,5-6,11-12H2,(H,36,37)/t17-,20+,21-,22-,23-,24-,25+,26-,28+/m0/s1. The summed E-state index contributed by atoms with van der Waals surface area (Å²) in [6.07, 6.45) is -10.2. The summed E-state index contributed by atoms with van der Waals surface area (Å²) in [6, 6.07) is 8.33. The quantitative estimate of drug-likeness (QED) is 0.241. The third-order valence-corrected chi connectivity index (χ3v) is 7.66. The van der Waals surface area contributed by atoms with Gasteiger partial charge in [0, 0.05) is 13.1 Å². The maximum Gasteiger partial charge on any atom is 0.335 e. The van der Waals surface area contributed by atoms with Gasteiger partial charge in [-0.1, -0.05) is 0 Å². The van der Waals surface area contributed by atoms with Crippen molar-refractivity contribution in [3.63, 3.8) is 0 Å². The average Bonchev–Trinajstić information content (AvgIpc) is 2.95. The molecule has 3 aliphatic heterocycles. The number of ether oxygens (including phenoxy) is 4. The van der Waals surface area contributed by atoms with Gasteiger partial charge in [0.1, 0.15) is 65.9 Å². The van der Waals surface area contributed by atoms with Gasteiger partial charge in [0.15, 0.2) is 12.4 Å². The summed E-state index contributed by atoms with van der Waals surface area (Å²) >= 11 is 0. The molecule has 3 heterocycles. The molecular weight excluding hydrogens is 548 g/mol. The van der Waals surface area contributed by atoms with Gasteiger partial charge in [0.05, 0.1) is 0 Å². The minimum atomic E-state index is -1.88. The maximum absolute atomic E-state index is 13.7. The fraction of sp³-hybridized carbons (Fsp3) is 0.536. The maximum atomic E-state index is 13.7. The van der Waals surface area contributed by atoms with Crippen LogP contribution in [0.3, 0.4) is 0 Å². The summed E-state index contributed by atoms with van der Waals surface area (Å²) in [5.74, 6) is -1.37. The first-order valence-corrected chi connectivity index (χ1v) is 13.5. The lowest BCUT2D eigenvalue weighted by Crippen LogP contribution is -2.62. The van der Waals surface area contributed by atoms with Gasteiger partial charge in [-0.05, 0) is 73.2 Å². The normalized spacial score (nSPS) is 30.7. The molecular formula is C28H33F2NO10. The zero-order valence-electron chi connectivity index (χ0n) is 21.9. The first-order chi connectivity index (χ1) is 19.6. The van der Waals surface area contributed by atoms with E-state index >= 15 is 0 Å². The number of rotatable bonds is 9. The van der Waals surface area contributed by atoms with Crippen LogP contribution in [-0.2, 0) is 27.1 Å². The molecule has 0 spiro atoms. The van der Waals surface area contributed by atoms with E-state index in [0.717, 1.165) is 5.56 Å². The largest absolute Gasteiger partial charge is 0.487 e. The molecule has 0 amide bonds. The number of hydrogen-bond acceptors (Lipinski definition) is 10. The first kappa shape index (κ1) is 29.6. The summed E-state index contributed by atoms with van der Waals surface area (Å²) in [4.78, 5) is 11.5. The lowest BCUT2D eigenvalue weighted by atomic mass is 9.97. The summed E-state index contributed by atoms with van der Waals surface area (Å²) < 4.78 is 50.4. The van der Waals surface area contributed by atoms with Gasteiger partial charge in [0.2, 0.25) is 0 Å². The third-order valence-electron chi connectivity index (χ3n) is 7.66. The van der Waals surface area contributed by atoms with E-state index in [0.29, 0.717) is 42.7 Å². The highest BCUT2D eigenvalue weighted by atomic mass is 19.1. The molecule has 224 valence electrons. The third kappa shape index (κ3) is 6.61. The minimum absolute atomic E-state index is 0.0374. The highest BCUT2D eigenvalue weighted by Gasteiger charge is 2.49. The topological polar surface area (TPSA) is 167 Å². The van der Waals surface area contributed by atoms with Crippen molar-refractivity contribution in [2.24, 2.45) is 0 Å². The van der Waals surface area contributed by atoms with Crippen LogP contribution in [0.5, 0.6) is 11.5 Å². The molecule has 41 heavy (non-hydrogen) atoms. The molecule has 9 atom stereocenters. The van der Waals surface area contributed by atoms with Crippen LogP contribution in [0.1, 0.15) is 24.0 Å². The van der Waals surface area contributed by atoms with Crippen LogP contribution >= 0.6 is 0 Å². The number of carboxylic acid groups (broad SMARTS) is 1. The molecule has 0 aliphatic carbocycles. The number of aryl methyl sites for hydroxylation is 2. The molecule has 0 aromatic heterocycles. The van der Waals surface area contributed by atoms with Crippen LogP contribution in [0.4, 0.5) is 8.78 Å². The smallest absolute Gasteiger partial charge is 0.335 e. The molecule has 13 heteroatoms. The Labute approximate surface area is 234 Å². The second-order valence-electron chi connectivity index (χ2n) is 10.5. The number of benzene rings is 2. The SMILES string of the molecule is O=C(O)[C@H]1O[C@@H](O[C@@H](CNC[C@H](O)[C@H]2CCc3cc(F)ccc3O2)[C@@H]2CCc3cc(F)ccc3O2)[C@H](O)[C@@H](O)[C@@H]1O. The van der Waals surface area contributed by atoms with Crippen LogP contribution in [0.2, 0.25) is 0 Å². The zero-order chi connectivity index (χ0) is 29.3. The second kappa shape index (κ2) is 12.5. The van der Waals surface area contributed by atoms with Crippen molar-refractivity contribution >= 4 is 5.97 Å². The van der Waals surface area contributed by atoms with E-state index in [9.17, 15) is 39.1 Å². The van der Waals surface area contributed by atoms with Crippen molar-refractivity contribution < 1.29 is 58.1 Å². The Bertz CT molecular complexity index is 1230.